The summed E-state index contributed by atoms with van der Waals surface area (Å²) in [6, 6.07) is 11.7. The molecule has 1 saturated heterocycles. The molecule has 2 heterocycles. The third-order valence-electron chi connectivity index (χ3n) is 4.21. The fourth-order valence-electron chi connectivity index (χ4n) is 2.89. The highest BCUT2D eigenvalue weighted by molar-refractivity contribution is 5.40. The third-order valence-corrected chi connectivity index (χ3v) is 4.21. The molecule has 1 aromatic heterocycles. The van der Waals surface area contributed by atoms with Crippen molar-refractivity contribution in [2.24, 2.45) is 0 Å². The van der Waals surface area contributed by atoms with Crippen molar-refractivity contribution in [2.45, 2.75) is 32.0 Å². The first-order valence-electron chi connectivity index (χ1n) is 7.25. The predicted molar refractivity (Wildman–Crippen MR) is 80.9 cm³/mol. The SMILES string of the molecule is CC1CC(NCc2ccccc2-n2cccn2)CN1C. The molecule has 2 unspecified atom stereocenters. The Morgan fingerprint density at radius 3 is 2.85 bits per heavy atom. The molecule has 0 saturated carbocycles. The summed E-state index contributed by atoms with van der Waals surface area (Å²) in [6.07, 6.45) is 5.03. The standard InChI is InChI=1S/C16H22N4/c1-13-10-15(12-19(13)2)17-11-14-6-3-4-7-16(14)20-9-5-8-18-20/h3-9,13,15,17H,10-12H2,1-2H3. The van der Waals surface area contributed by atoms with Crippen molar-refractivity contribution in [3.8, 4) is 5.69 Å². The Morgan fingerprint density at radius 1 is 1.30 bits per heavy atom. The Hall–Kier alpha value is -1.65. The third kappa shape index (κ3) is 2.76. The number of benzene rings is 1. The quantitative estimate of drug-likeness (QED) is 0.923. The number of likely N-dealkylation sites (tertiary alicyclic amines) is 1. The first-order valence-corrected chi connectivity index (χ1v) is 7.25. The minimum Gasteiger partial charge on any atom is -0.309 e. The summed E-state index contributed by atoms with van der Waals surface area (Å²) in [5.41, 5.74) is 2.45. The Balaban J connectivity index is 1.69. The maximum Gasteiger partial charge on any atom is 0.0690 e. The van der Waals surface area contributed by atoms with Crippen LogP contribution in [0, 0.1) is 0 Å². The summed E-state index contributed by atoms with van der Waals surface area (Å²) in [6.45, 7) is 4.31. The van der Waals surface area contributed by atoms with Gasteiger partial charge >= 0.3 is 0 Å². The molecule has 1 N–H and O–H groups in total. The van der Waals surface area contributed by atoms with Gasteiger partial charge in [-0.3, -0.25) is 0 Å². The number of aromatic nitrogens is 2. The van der Waals surface area contributed by atoms with E-state index in [9.17, 15) is 0 Å². The molecular weight excluding hydrogens is 248 g/mol. The van der Waals surface area contributed by atoms with Gasteiger partial charge in [-0.1, -0.05) is 18.2 Å². The van der Waals surface area contributed by atoms with E-state index in [0.29, 0.717) is 12.1 Å². The van der Waals surface area contributed by atoms with Gasteiger partial charge in [-0.05, 0) is 38.1 Å². The molecule has 1 aliphatic heterocycles. The second-order valence-electron chi connectivity index (χ2n) is 5.68. The molecule has 2 atom stereocenters. The zero-order chi connectivity index (χ0) is 13.9. The highest BCUT2D eigenvalue weighted by atomic mass is 15.3. The first kappa shape index (κ1) is 13.3. The van der Waals surface area contributed by atoms with E-state index in [1.54, 1.807) is 0 Å². The van der Waals surface area contributed by atoms with Crippen LogP contribution in [-0.2, 0) is 6.54 Å². The van der Waals surface area contributed by atoms with Crippen LogP contribution in [0.3, 0.4) is 0 Å². The lowest BCUT2D eigenvalue weighted by Crippen LogP contribution is -2.31. The van der Waals surface area contributed by atoms with Gasteiger partial charge in [0.2, 0.25) is 0 Å². The van der Waals surface area contributed by atoms with Crippen molar-refractivity contribution >= 4 is 0 Å². The predicted octanol–water partition coefficient (Wildman–Crippen LogP) is 2.05. The summed E-state index contributed by atoms with van der Waals surface area (Å²) in [5, 5.41) is 8.01. The van der Waals surface area contributed by atoms with Crippen LogP contribution in [-0.4, -0.2) is 40.4 Å². The molecule has 4 nitrogen and oxygen atoms in total. The average Bonchev–Trinajstić information content (AvgIpc) is 3.08. The number of hydrogen-bond acceptors (Lipinski definition) is 3. The number of likely N-dealkylation sites (N-methyl/N-ethyl adjacent to an activating group) is 1. The molecule has 4 heteroatoms. The van der Waals surface area contributed by atoms with Crippen molar-refractivity contribution in [1.82, 2.24) is 20.0 Å². The van der Waals surface area contributed by atoms with Crippen molar-refractivity contribution in [1.29, 1.82) is 0 Å². The van der Waals surface area contributed by atoms with E-state index < -0.39 is 0 Å². The van der Waals surface area contributed by atoms with Gasteiger partial charge in [-0.25, -0.2) is 4.68 Å². The van der Waals surface area contributed by atoms with Gasteiger partial charge in [0.1, 0.15) is 0 Å². The van der Waals surface area contributed by atoms with Crippen LogP contribution in [0.15, 0.2) is 42.7 Å². The van der Waals surface area contributed by atoms with E-state index in [1.807, 2.05) is 23.1 Å². The van der Waals surface area contributed by atoms with Crippen molar-refractivity contribution < 1.29 is 0 Å². The zero-order valence-electron chi connectivity index (χ0n) is 12.2. The van der Waals surface area contributed by atoms with Gasteiger partial charge in [0.05, 0.1) is 5.69 Å². The molecule has 3 rings (SSSR count). The molecule has 1 aliphatic rings. The summed E-state index contributed by atoms with van der Waals surface area (Å²) in [7, 11) is 2.20. The minimum absolute atomic E-state index is 0.584. The van der Waals surface area contributed by atoms with Gasteiger partial charge in [0.25, 0.3) is 0 Å². The monoisotopic (exact) mass is 270 g/mol. The molecule has 0 spiro atoms. The van der Waals surface area contributed by atoms with E-state index in [-0.39, 0.29) is 0 Å². The molecule has 0 aliphatic carbocycles. The van der Waals surface area contributed by atoms with E-state index in [4.69, 9.17) is 0 Å². The van der Waals surface area contributed by atoms with Gasteiger partial charge in [0.15, 0.2) is 0 Å². The number of hydrogen-bond donors (Lipinski definition) is 1. The summed E-state index contributed by atoms with van der Waals surface area (Å²) in [5.74, 6) is 0. The lowest BCUT2D eigenvalue weighted by atomic mass is 10.1. The van der Waals surface area contributed by atoms with E-state index >= 15 is 0 Å². The van der Waals surface area contributed by atoms with Crippen molar-refractivity contribution in [3.05, 3.63) is 48.3 Å². The Kier molecular flexibility index (Phi) is 3.85. The fourth-order valence-corrected chi connectivity index (χ4v) is 2.89. The topological polar surface area (TPSA) is 33.1 Å². The number of nitrogens with one attached hydrogen (secondary N) is 1. The molecule has 0 radical (unpaired) electrons. The lowest BCUT2D eigenvalue weighted by Gasteiger charge is -2.15. The molecule has 106 valence electrons. The van der Waals surface area contributed by atoms with E-state index in [0.717, 1.165) is 18.8 Å². The van der Waals surface area contributed by atoms with Gasteiger partial charge in [0, 0.05) is 37.6 Å². The van der Waals surface area contributed by atoms with Crippen molar-refractivity contribution in [3.63, 3.8) is 0 Å². The van der Waals surface area contributed by atoms with Crippen LogP contribution < -0.4 is 5.32 Å². The Morgan fingerprint density at radius 2 is 2.15 bits per heavy atom. The van der Waals surface area contributed by atoms with Crippen molar-refractivity contribution in [2.75, 3.05) is 13.6 Å². The van der Waals surface area contributed by atoms with Crippen LogP contribution in [0.25, 0.3) is 5.69 Å². The largest absolute Gasteiger partial charge is 0.309 e. The molecule has 20 heavy (non-hydrogen) atoms. The summed E-state index contributed by atoms with van der Waals surface area (Å²) < 4.78 is 1.93. The second-order valence-corrected chi connectivity index (χ2v) is 5.68. The van der Waals surface area contributed by atoms with Gasteiger partial charge < -0.3 is 10.2 Å². The number of para-hydroxylation sites is 1. The summed E-state index contributed by atoms with van der Waals surface area (Å²) in [4.78, 5) is 2.41. The van der Waals surface area contributed by atoms with Crippen LogP contribution in [0.2, 0.25) is 0 Å². The molecule has 2 aromatic rings. The Bertz CT molecular complexity index is 539. The number of nitrogens with zero attached hydrogens (tertiary/aromatic N) is 3. The first-order chi connectivity index (χ1) is 9.74. The Labute approximate surface area is 120 Å². The molecule has 1 fully saturated rings. The zero-order valence-corrected chi connectivity index (χ0v) is 12.2. The minimum atomic E-state index is 0.584. The van der Waals surface area contributed by atoms with Gasteiger partial charge in [-0.15, -0.1) is 0 Å². The van der Waals surface area contributed by atoms with Crippen LogP contribution >= 0.6 is 0 Å². The van der Waals surface area contributed by atoms with E-state index in [2.05, 4.69) is 53.6 Å². The van der Waals surface area contributed by atoms with Crippen LogP contribution in [0.1, 0.15) is 18.9 Å². The normalized spacial score (nSPS) is 23.3. The summed E-state index contributed by atoms with van der Waals surface area (Å²) >= 11 is 0. The molecular formula is C16H22N4. The maximum atomic E-state index is 4.33. The fraction of sp³-hybridized carbons (Fsp3) is 0.438. The molecule has 0 bridgehead atoms. The average molecular weight is 270 g/mol. The molecule has 0 amide bonds. The number of rotatable bonds is 4. The molecule has 1 aromatic carbocycles. The highest BCUT2D eigenvalue weighted by Crippen LogP contribution is 2.17. The second kappa shape index (κ2) is 5.77. The van der Waals surface area contributed by atoms with Gasteiger partial charge in [-0.2, -0.15) is 5.10 Å². The van der Waals surface area contributed by atoms with Crippen LogP contribution in [0.4, 0.5) is 0 Å². The van der Waals surface area contributed by atoms with E-state index in [1.165, 1.54) is 12.0 Å². The van der Waals surface area contributed by atoms with Crippen LogP contribution in [0.5, 0.6) is 0 Å². The maximum absolute atomic E-state index is 4.33. The smallest absolute Gasteiger partial charge is 0.0690 e. The highest BCUT2D eigenvalue weighted by Gasteiger charge is 2.25. The lowest BCUT2D eigenvalue weighted by molar-refractivity contribution is 0.326.